The molecule has 0 rings (SSSR count). The molecule has 0 bridgehead atoms. The zero-order valence-electron chi connectivity index (χ0n) is 6.46. The molecule has 0 saturated heterocycles. The van der Waals surface area contributed by atoms with Crippen LogP contribution in [-0.4, -0.2) is 35.5 Å². The predicted molar refractivity (Wildman–Crippen MR) is 28.8 cm³/mol. The van der Waals surface area contributed by atoms with Gasteiger partial charge in [-0.3, -0.25) is 0 Å². The Kier molecular flexibility index (Phi) is 15.6. The fourth-order valence-corrected chi connectivity index (χ4v) is 0.581. The molecule has 0 unspecified atom stereocenters. The monoisotopic (exact) mass is 276 g/mol. The Labute approximate surface area is 115 Å². The van der Waals surface area contributed by atoms with E-state index < -0.39 is 9.05 Å². The van der Waals surface area contributed by atoms with Crippen LogP contribution in [0.3, 0.4) is 0 Å². The van der Waals surface area contributed by atoms with Crippen molar-refractivity contribution in [2.24, 2.45) is 0 Å². The van der Waals surface area contributed by atoms with Gasteiger partial charge in [0.25, 0.3) is 0 Å². The van der Waals surface area contributed by atoms with Crippen LogP contribution < -0.4 is 68.9 Å². The third kappa shape index (κ3) is 17.8. The molecule has 0 radical (unpaired) electrons. The summed E-state index contributed by atoms with van der Waals surface area (Å²) in [5.41, 5.74) is 0. The summed E-state index contributed by atoms with van der Waals surface area (Å²) in [6.07, 6.45) is 0. The second-order valence-corrected chi connectivity index (χ2v) is 2.44. The Balaban J connectivity index is -0.0000000600. The molecule has 0 amide bonds. The van der Waals surface area contributed by atoms with E-state index in [2.05, 4.69) is 4.43 Å². The molecule has 7 heteroatoms. The molecule has 0 saturated carbocycles. The normalized spacial score (nSPS) is 9.33. The first kappa shape index (κ1) is 17.2. The summed E-state index contributed by atoms with van der Waals surface area (Å²) in [6.45, 7) is 1.68. The van der Waals surface area contributed by atoms with E-state index in [-0.39, 0.29) is 82.4 Å². The maximum atomic E-state index is 8.05. The van der Waals surface area contributed by atoms with Crippen molar-refractivity contribution in [3.05, 3.63) is 0 Å². The van der Waals surface area contributed by atoms with Crippen LogP contribution in [0.1, 0.15) is 8.35 Å². The molecule has 0 spiro atoms. The van der Waals surface area contributed by atoms with Gasteiger partial charge in [0.05, 0.1) is 0 Å². The number of rotatable bonds is 2. The van der Waals surface area contributed by atoms with Gasteiger partial charge in [-0.05, 0) is 6.92 Å². The van der Waals surface area contributed by atoms with Gasteiger partial charge in [0, 0.05) is 6.61 Å². The fraction of sp³-hybridized carbons (Fsp3) is 1.00. The van der Waals surface area contributed by atoms with Crippen molar-refractivity contribution in [1.82, 2.24) is 0 Å². The van der Waals surface area contributed by atoms with Gasteiger partial charge in [-0.15, -0.1) is 0 Å². The molecule has 0 aromatic heterocycles. The van der Waals surface area contributed by atoms with Crippen LogP contribution in [0.25, 0.3) is 0 Å². The van der Waals surface area contributed by atoms with E-state index in [0.717, 1.165) is 0 Å². The molecule has 0 aliphatic carbocycles. The van der Waals surface area contributed by atoms with E-state index in [1.807, 2.05) is 0 Å². The quantitative estimate of drug-likeness (QED) is 0.438. The Morgan fingerprint density at radius 2 is 1.78 bits per heavy atom. The first-order chi connectivity index (χ1) is 3.06. The van der Waals surface area contributed by atoms with Crippen LogP contribution in [0.2, 0.25) is 0 Å². The van der Waals surface area contributed by atoms with Gasteiger partial charge in [-0.2, -0.15) is 0 Å². The summed E-state index contributed by atoms with van der Waals surface area (Å²) in [5.74, 6) is 0. The molecule has 0 fully saturated rings. The zero-order valence-corrected chi connectivity index (χ0v) is 12.7. The van der Waals surface area contributed by atoms with E-state index in [0.29, 0.717) is 0 Å². The van der Waals surface area contributed by atoms with Gasteiger partial charge >= 0.3 is 77.9 Å². The first-order valence-corrected chi connectivity index (χ1v) is 3.62. The maximum absolute atomic E-state index is 8.05. The molecule has 0 aromatic carbocycles. The van der Waals surface area contributed by atoms with E-state index in [4.69, 9.17) is 14.4 Å². The smallest absolute Gasteiger partial charge is 1.00 e. The third-order valence-electron chi connectivity index (χ3n) is 0.338. The summed E-state index contributed by atoms with van der Waals surface area (Å²) in [4.78, 5) is 24.1. The number of hydrogen-bond acceptors (Lipinski definition) is 4. The topological polar surface area (TPSA) is 101 Å². The van der Waals surface area contributed by atoms with Crippen molar-refractivity contribution in [3.8, 4) is 0 Å². The van der Waals surface area contributed by atoms with Gasteiger partial charge in [0.2, 0.25) is 0 Å². The summed E-state index contributed by atoms with van der Waals surface area (Å²) < 4.78 is 4.03. The van der Waals surface area contributed by atoms with Crippen molar-refractivity contribution >= 4 is 9.05 Å². The van der Waals surface area contributed by atoms with Gasteiger partial charge < -0.3 is 25.7 Å². The van der Waals surface area contributed by atoms with Crippen molar-refractivity contribution in [2.75, 3.05) is 6.61 Å². The van der Waals surface area contributed by atoms with Gasteiger partial charge in [0.1, 0.15) is 0 Å². The van der Waals surface area contributed by atoms with Gasteiger partial charge in [-0.1, -0.05) is 0 Å². The van der Waals surface area contributed by atoms with Gasteiger partial charge in [-0.25, -0.2) is 0 Å². The standard InChI is InChI=1S/C2H8O4Si.Cs.H2O.H/c1-2-6-7(3,4)5;;;/h3-5H,2H2,1H3;;1H2;/q;+1;;-1. The molecule has 0 aliphatic heterocycles. The summed E-state index contributed by atoms with van der Waals surface area (Å²) in [5, 5.41) is 0. The van der Waals surface area contributed by atoms with E-state index >= 15 is 0 Å². The Hall–Kier alpha value is 2.07. The molecular formula is C2H11CsO5Si. The summed E-state index contributed by atoms with van der Waals surface area (Å²) in [7, 11) is -4.16. The van der Waals surface area contributed by atoms with Crippen LogP contribution in [0.4, 0.5) is 0 Å². The van der Waals surface area contributed by atoms with E-state index in [1.165, 1.54) is 0 Å². The minimum Gasteiger partial charge on any atom is -1.00 e. The van der Waals surface area contributed by atoms with Gasteiger partial charge in [0.15, 0.2) is 0 Å². The van der Waals surface area contributed by atoms with Crippen LogP contribution >= 0.6 is 0 Å². The third-order valence-corrected chi connectivity index (χ3v) is 1.01. The predicted octanol–water partition coefficient (Wildman–Crippen LogP) is -5.27. The van der Waals surface area contributed by atoms with E-state index in [9.17, 15) is 0 Å². The second-order valence-electron chi connectivity index (χ2n) is 1.01. The SMILES string of the molecule is CCO[Si](O)(O)O.O.[Cs+].[H-]. The first-order valence-electron chi connectivity index (χ1n) is 1.87. The maximum Gasteiger partial charge on any atom is 1.00 e. The Bertz CT molecular complexity index is 58.1. The Morgan fingerprint density at radius 3 is 1.78 bits per heavy atom. The Morgan fingerprint density at radius 1 is 1.44 bits per heavy atom. The fourth-order valence-electron chi connectivity index (χ4n) is 0.194. The van der Waals surface area contributed by atoms with Crippen molar-refractivity contribution in [1.29, 1.82) is 0 Å². The molecular weight excluding hydrogens is 265 g/mol. The van der Waals surface area contributed by atoms with Crippen LogP contribution in [0.15, 0.2) is 0 Å². The van der Waals surface area contributed by atoms with Crippen molar-refractivity contribution < 1.29 is 94.6 Å². The van der Waals surface area contributed by atoms with Crippen LogP contribution in [-0.2, 0) is 4.43 Å². The van der Waals surface area contributed by atoms with E-state index in [1.54, 1.807) is 6.92 Å². The number of hydrogen-bond donors (Lipinski definition) is 3. The summed E-state index contributed by atoms with van der Waals surface area (Å²) >= 11 is 0. The largest absolute Gasteiger partial charge is 1.00 e. The molecule has 0 aliphatic rings. The van der Waals surface area contributed by atoms with Crippen molar-refractivity contribution in [3.63, 3.8) is 0 Å². The average molecular weight is 276 g/mol. The molecule has 5 nitrogen and oxygen atoms in total. The molecule has 0 atom stereocenters. The van der Waals surface area contributed by atoms with Crippen molar-refractivity contribution in [2.45, 2.75) is 6.92 Å². The average Bonchev–Trinajstić information content (AvgIpc) is 1.30. The molecule has 5 N–H and O–H groups in total. The molecule has 0 aromatic rings. The molecule has 0 heterocycles. The molecule has 9 heavy (non-hydrogen) atoms. The van der Waals surface area contributed by atoms with Crippen LogP contribution in [0, 0.1) is 0 Å². The second kappa shape index (κ2) is 8.17. The van der Waals surface area contributed by atoms with Crippen LogP contribution in [0.5, 0.6) is 0 Å². The minimum absolute atomic E-state index is 0. The molecule has 54 valence electrons. The minimum atomic E-state index is -4.16. The summed E-state index contributed by atoms with van der Waals surface area (Å²) in [6, 6.07) is 0. The zero-order chi connectivity index (χ0) is 5.91.